The number of tetrazole rings is 1. The van der Waals surface area contributed by atoms with E-state index < -0.39 is 24.0 Å². The van der Waals surface area contributed by atoms with Crippen LogP contribution in [0.4, 0.5) is 0 Å². The number of aliphatic hydroxyl groups is 1. The van der Waals surface area contributed by atoms with Gasteiger partial charge in [0.25, 0.3) is 5.91 Å². The maximum Gasteiger partial charge on any atom is 0.334 e. The van der Waals surface area contributed by atoms with Crippen molar-refractivity contribution in [2.45, 2.75) is 32.0 Å². The molecule has 9 nitrogen and oxygen atoms in total. The third kappa shape index (κ3) is 5.23. The molecular formula is C20H21N5O4. The zero-order chi connectivity index (χ0) is 20.8. The van der Waals surface area contributed by atoms with Gasteiger partial charge in [0.1, 0.15) is 5.82 Å². The molecule has 9 heteroatoms. The van der Waals surface area contributed by atoms with E-state index in [4.69, 9.17) is 0 Å². The van der Waals surface area contributed by atoms with E-state index in [-0.39, 0.29) is 6.42 Å². The van der Waals surface area contributed by atoms with Gasteiger partial charge in [0.2, 0.25) is 0 Å². The third-order valence-corrected chi connectivity index (χ3v) is 4.51. The number of aliphatic carboxylic acids is 1. The number of carboxylic acid groups (broad SMARTS) is 1. The molecule has 3 aromatic rings. The molecule has 150 valence electrons. The van der Waals surface area contributed by atoms with Crippen molar-refractivity contribution in [3.05, 3.63) is 77.1 Å². The fourth-order valence-corrected chi connectivity index (χ4v) is 2.86. The topological polar surface area (TPSA) is 130 Å². The number of rotatable bonds is 8. The molecule has 0 bridgehead atoms. The lowest BCUT2D eigenvalue weighted by molar-refractivity contribution is -0.148. The molecule has 0 fully saturated rings. The molecule has 3 N–H and O–H groups in total. The zero-order valence-electron chi connectivity index (χ0n) is 15.8. The van der Waals surface area contributed by atoms with Gasteiger partial charge in [-0.05, 0) is 47.0 Å². The highest BCUT2D eigenvalue weighted by Gasteiger charge is 2.27. The minimum Gasteiger partial charge on any atom is -0.479 e. The highest BCUT2D eigenvalue weighted by molar-refractivity contribution is 5.94. The maximum atomic E-state index is 12.6. The number of hydrogen-bond acceptors (Lipinski definition) is 6. The quantitative estimate of drug-likeness (QED) is 0.515. The lowest BCUT2D eigenvalue weighted by atomic mass is 10.0. The SMILES string of the molecule is Cc1nnnn1Cc1ccc(C(=O)N[C@H](Cc2ccccc2)[C@@H](O)C(=O)O)cc1. The molecule has 0 aliphatic carbocycles. The predicted molar refractivity (Wildman–Crippen MR) is 103 cm³/mol. The Morgan fingerprint density at radius 1 is 1.07 bits per heavy atom. The van der Waals surface area contributed by atoms with Gasteiger partial charge < -0.3 is 15.5 Å². The first-order chi connectivity index (χ1) is 13.9. The lowest BCUT2D eigenvalue weighted by Crippen LogP contribution is -2.48. The van der Waals surface area contributed by atoms with E-state index >= 15 is 0 Å². The van der Waals surface area contributed by atoms with Crippen molar-refractivity contribution in [3.63, 3.8) is 0 Å². The molecule has 29 heavy (non-hydrogen) atoms. The number of hydrogen-bond donors (Lipinski definition) is 3. The normalized spacial score (nSPS) is 12.9. The molecular weight excluding hydrogens is 374 g/mol. The monoisotopic (exact) mass is 395 g/mol. The molecule has 0 aliphatic rings. The number of benzene rings is 2. The van der Waals surface area contributed by atoms with Crippen LogP contribution < -0.4 is 5.32 Å². The smallest absolute Gasteiger partial charge is 0.334 e. The number of nitrogens with zero attached hydrogens (tertiary/aromatic N) is 4. The summed E-state index contributed by atoms with van der Waals surface area (Å²) >= 11 is 0. The van der Waals surface area contributed by atoms with Crippen LogP contribution in [0.3, 0.4) is 0 Å². The van der Waals surface area contributed by atoms with Crippen molar-refractivity contribution < 1.29 is 19.8 Å². The molecule has 1 aromatic heterocycles. The fraction of sp³-hybridized carbons (Fsp3) is 0.250. The van der Waals surface area contributed by atoms with Gasteiger partial charge in [-0.15, -0.1) is 5.10 Å². The minimum absolute atomic E-state index is 0.191. The Bertz CT molecular complexity index is 972. The molecule has 0 saturated carbocycles. The van der Waals surface area contributed by atoms with Crippen LogP contribution in [0.25, 0.3) is 0 Å². The lowest BCUT2D eigenvalue weighted by Gasteiger charge is -2.21. The molecule has 0 radical (unpaired) electrons. The molecule has 2 aromatic carbocycles. The van der Waals surface area contributed by atoms with Crippen molar-refractivity contribution >= 4 is 11.9 Å². The Morgan fingerprint density at radius 2 is 1.76 bits per heavy atom. The Labute approximate surface area is 167 Å². The first kappa shape index (κ1) is 20.2. The van der Waals surface area contributed by atoms with Gasteiger partial charge in [-0.3, -0.25) is 4.79 Å². The van der Waals surface area contributed by atoms with Crippen LogP contribution in [-0.4, -0.2) is 54.4 Å². The first-order valence-corrected chi connectivity index (χ1v) is 9.01. The van der Waals surface area contributed by atoms with Crippen molar-refractivity contribution in [2.75, 3.05) is 0 Å². The highest BCUT2D eigenvalue weighted by Crippen LogP contribution is 2.10. The van der Waals surface area contributed by atoms with E-state index in [2.05, 4.69) is 20.8 Å². The number of aliphatic hydroxyl groups excluding tert-OH is 1. The van der Waals surface area contributed by atoms with Crippen molar-refractivity contribution in [2.24, 2.45) is 0 Å². The van der Waals surface area contributed by atoms with E-state index in [0.29, 0.717) is 17.9 Å². The molecule has 1 heterocycles. The van der Waals surface area contributed by atoms with E-state index in [0.717, 1.165) is 11.1 Å². The van der Waals surface area contributed by atoms with Crippen LogP contribution in [0.5, 0.6) is 0 Å². The van der Waals surface area contributed by atoms with Gasteiger partial charge in [-0.25, -0.2) is 9.48 Å². The molecule has 0 spiro atoms. The summed E-state index contributed by atoms with van der Waals surface area (Å²) in [4.78, 5) is 23.9. The van der Waals surface area contributed by atoms with Gasteiger partial charge in [-0.1, -0.05) is 42.5 Å². The van der Waals surface area contributed by atoms with E-state index in [1.807, 2.05) is 30.3 Å². The van der Waals surface area contributed by atoms with Crippen LogP contribution in [0.2, 0.25) is 0 Å². The summed E-state index contributed by atoms with van der Waals surface area (Å²) in [6, 6.07) is 14.9. The van der Waals surface area contributed by atoms with Crippen molar-refractivity contribution in [1.29, 1.82) is 0 Å². The predicted octanol–water partition coefficient (Wildman–Crippen LogP) is 0.816. The van der Waals surface area contributed by atoms with Crippen molar-refractivity contribution in [1.82, 2.24) is 25.5 Å². The van der Waals surface area contributed by atoms with Crippen LogP contribution in [-0.2, 0) is 17.8 Å². The molecule has 0 unspecified atom stereocenters. The van der Waals surface area contributed by atoms with Gasteiger partial charge in [0.15, 0.2) is 6.10 Å². The second kappa shape index (κ2) is 9.07. The van der Waals surface area contributed by atoms with Gasteiger partial charge in [0, 0.05) is 5.56 Å². The van der Waals surface area contributed by atoms with Crippen LogP contribution >= 0.6 is 0 Å². The van der Waals surface area contributed by atoms with Crippen LogP contribution in [0, 0.1) is 6.92 Å². The van der Waals surface area contributed by atoms with E-state index in [1.54, 1.807) is 35.9 Å². The fourth-order valence-electron chi connectivity index (χ4n) is 2.86. The summed E-state index contributed by atoms with van der Waals surface area (Å²) in [7, 11) is 0. The zero-order valence-corrected chi connectivity index (χ0v) is 15.8. The average molecular weight is 395 g/mol. The molecule has 1 amide bonds. The van der Waals surface area contributed by atoms with Crippen molar-refractivity contribution in [3.8, 4) is 0 Å². The summed E-state index contributed by atoms with van der Waals surface area (Å²) in [6.45, 7) is 2.26. The Morgan fingerprint density at radius 3 is 2.34 bits per heavy atom. The highest BCUT2D eigenvalue weighted by atomic mass is 16.4. The second-order valence-electron chi connectivity index (χ2n) is 6.63. The summed E-state index contributed by atoms with van der Waals surface area (Å²) < 4.78 is 1.63. The average Bonchev–Trinajstić information content (AvgIpc) is 3.12. The number of aryl methyl sites for hydroxylation is 1. The molecule has 0 saturated heterocycles. The summed E-state index contributed by atoms with van der Waals surface area (Å²) in [5.41, 5.74) is 2.08. The molecule has 2 atom stereocenters. The molecule has 3 rings (SSSR count). The van der Waals surface area contributed by atoms with Gasteiger partial charge in [-0.2, -0.15) is 0 Å². The number of carbonyl (C=O) groups excluding carboxylic acids is 1. The standard InChI is InChI=1S/C20H21N5O4/c1-13-22-23-24-25(13)12-15-7-9-16(10-8-15)19(27)21-17(18(26)20(28)29)11-14-5-3-2-4-6-14/h2-10,17-18,26H,11-12H2,1H3,(H,21,27)(H,28,29)/t17-,18-/m1/s1. The minimum atomic E-state index is -1.72. The first-order valence-electron chi connectivity index (χ1n) is 9.01. The van der Waals surface area contributed by atoms with Crippen LogP contribution in [0.1, 0.15) is 27.3 Å². The number of carbonyl (C=O) groups is 2. The van der Waals surface area contributed by atoms with E-state index in [1.165, 1.54) is 0 Å². The number of carboxylic acids is 1. The van der Waals surface area contributed by atoms with Gasteiger partial charge >= 0.3 is 5.97 Å². The van der Waals surface area contributed by atoms with E-state index in [9.17, 15) is 19.8 Å². The summed E-state index contributed by atoms with van der Waals surface area (Å²) in [5, 5.41) is 33.1. The summed E-state index contributed by atoms with van der Waals surface area (Å²) in [6.07, 6.45) is -1.53. The maximum absolute atomic E-state index is 12.6. The number of amides is 1. The van der Waals surface area contributed by atoms with Gasteiger partial charge in [0.05, 0.1) is 12.6 Å². The second-order valence-corrected chi connectivity index (χ2v) is 6.63. The number of aromatic nitrogens is 4. The Balaban J connectivity index is 1.70. The summed E-state index contributed by atoms with van der Waals surface area (Å²) in [5.74, 6) is -1.17. The third-order valence-electron chi connectivity index (χ3n) is 4.51. The molecule has 0 aliphatic heterocycles. The number of nitrogens with one attached hydrogen (secondary N) is 1. The largest absolute Gasteiger partial charge is 0.479 e. The Hall–Kier alpha value is -3.59. The Kier molecular flexibility index (Phi) is 6.30. The van der Waals surface area contributed by atoms with Crippen LogP contribution in [0.15, 0.2) is 54.6 Å².